The van der Waals surface area contributed by atoms with Gasteiger partial charge in [-0.2, -0.15) is 5.10 Å². The van der Waals surface area contributed by atoms with E-state index < -0.39 is 6.04 Å². The first kappa shape index (κ1) is 22.1. The van der Waals surface area contributed by atoms with Crippen LogP contribution in [0.15, 0.2) is 53.6 Å². The molecular formula is C25H30N4O3. The van der Waals surface area contributed by atoms with Crippen LogP contribution in [0.2, 0.25) is 0 Å². The summed E-state index contributed by atoms with van der Waals surface area (Å²) in [6.45, 7) is 6.98. The number of hydrazone groups is 1. The fourth-order valence-corrected chi connectivity index (χ4v) is 4.78. The van der Waals surface area contributed by atoms with Gasteiger partial charge >= 0.3 is 0 Å². The Balaban J connectivity index is 1.60. The van der Waals surface area contributed by atoms with E-state index in [9.17, 15) is 14.9 Å². The number of nitro benzene ring substituents is 1. The normalized spacial score (nSPS) is 21.4. The summed E-state index contributed by atoms with van der Waals surface area (Å²) in [5.74, 6) is 0.560. The van der Waals surface area contributed by atoms with E-state index in [0.717, 1.165) is 36.3 Å². The van der Waals surface area contributed by atoms with E-state index in [2.05, 4.69) is 11.8 Å². The van der Waals surface area contributed by atoms with Gasteiger partial charge in [0.25, 0.3) is 5.69 Å². The molecule has 2 atom stereocenters. The van der Waals surface area contributed by atoms with Gasteiger partial charge in [0.15, 0.2) is 0 Å². The molecule has 0 N–H and O–H groups in total. The van der Waals surface area contributed by atoms with Crippen LogP contribution in [0.4, 0.5) is 5.69 Å². The summed E-state index contributed by atoms with van der Waals surface area (Å²) in [6, 6.07) is 14.2. The third-order valence-corrected chi connectivity index (χ3v) is 6.39. The maximum absolute atomic E-state index is 13.3. The van der Waals surface area contributed by atoms with Crippen LogP contribution in [0, 0.1) is 23.0 Å². The van der Waals surface area contributed by atoms with Crippen LogP contribution in [-0.4, -0.2) is 46.1 Å². The zero-order chi connectivity index (χ0) is 22.7. The molecule has 0 spiro atoms. The Bertz CT molecular complexity index is 1040. The maximum atomic E-state index is 13.3. The lowest BCUT2D eigenvalue weighted by molar-refractivity contribution is -0.385. The molecule has 0 saturated carbocycles. The highest BCUT2D eigenvalue weighted by molar-refractivity contribution is 6.03. The number of nitrogens with zero attached hydrogens (tertiary/aromatic N) is 4. The molecule has 0 aromatic heterocycles. The third-order valence-electron chi connectivity index (χ3n) is 6.39. The molecule has 2 heterocycles. The average Bonchev–Trinajstić information content (AvgIpc) is 3.23. The lowest BCUT2D eigenvalue weighted by Crippen LogP contribution is -2.37. The lowest BCUT2D eigenvalue weighted by Gasteiger charge is -2.31. The quantitative estimate of drug-likeness (QED) is 0.487. The van der Waals surface area contributed by atoms with Crippen LogP contribution in [0.1, 0.15) is 55.3 Å². The zero-order valence-corrected chi connectivity index (χ0v) is 18.7. The SMILES string of the molecule is Cc1cccc(C2=NN(C(=O)CCN3CCC[C@@H](C)C3)[C@H](c3ccccc3[N+](=O)[O-])C2)c1. The minimum absolute atomic E-state index is 0.0286. The number of hydrogen-bond acceptors (Lipinski definition) is 5. The molecule has 1 amide bonds. The molecule has 0 unspecified atom stereocenters. The number of nitro groups is 1. The molecule has 1 fully saturated rings. The van der Waals surface area contributed by atoms with Crippen molar-refractivity contribution in [1.29, 1.82) is 0 Å². The number of rotatable bonds is 6. The van der Waals surface area contributed by atoms with Gasteiger partial charge in [-0.25, -0.2) is 5.01 Å². The first-order valence-corrected chi connectivity index (χ1v) is 11.3. The molecule has 0 bridgehead atoms. The minimum atomic E-state index is -0.472. The summed E-state index contributed by atoms with van der Waals surface area (Å²) < 4.78 is 0. The van der Waals surface area contributed by atoms with Crippen molar-refractivity contribution in [2.75, 3.05) is 19.6 Å². The Morgan fingerprint density at radius 2 is 2.03 bits per heavy atom. The minimum Gasteiger partial charge on any atom is -0.303 e. The molecular weight excluding hydrogens is 404 g/mol. The van der Waals surface area contributed by atoms with Gasteiger partial charge in [0.2, 0.25) is 5.91 Å². The van der Waals surface area contributed by atoms with E-state index in [4.69, 9.17) is 5.10 Å². The number of hydrogen-bond donors (Lipinski definition) is 0. The largest absolute Gasteiger partial charge is 0.303 e. The van der Waals surface area contributed by atoms with Crippen molar-refractivity contribution in [2.45, 2.75) is 45.6 Å². The predicted molar refractivity (Wildman–Crippen MR) is 124 cm³/mol. The van der Waals surface area contributed by atoms with Gasteiger partial charge in [0, 0.05) is 32.0 Å². The number of para-hydroxylation sites is 1. The number of aryl methyl sites for hydroxylation is 1. The smallest absolute Gasteiger partial charge is 0.274 e. The van der Waals surface area contributed by atoms with Gasteiger partial charge in [0.05, 0.1) is 22.2 Å². The molecule has 168 valence electrons. The Morgan fingerprint density at radius 3 is 2.78 bits per heavy atom. The number of benzene rings is 2. The third kappa shape index (κ3) is 4.88. The fourth-order valence-electron chi connectivity index (χ4n) is 4.78. The van der Waals surface area contributed by atoms with Gasteiger partial charge in [0.1, 0.15) is 0 Å². The summed E-state index contributed by atoms with van der Waals surface area (Å²) in [7, 11) is 0. The van der Waals surface area contributed by atoms with Crippen molar-refractivity contribution in [3.63, 3.8) is 0 Å². The topological polar surface area (TPSA) is 79.0 Å². The van der Waals surface area contributed by atoms with E-state index in [-0.39, 0.29) is 16.5 Å². The summed E-state index contributed by atoms with van der Waals surface area (Å²) >= 11 is 0. The van der Waals surface area contributed by atoms with Crippen LogP contribution in [-0.2, 0) is 4.79 Å². The number of piperidine rings is 1. The number of carbonyl (C=O) groups is 1. The monoisotopic (exact) mass is 434 g/mol. The molecule has 0 radical (unpaired) electrons. The number of likely N-dealkylation sites (tertiary alicyclic amines) is 1. The molecule has 1 saturated heterocycles. The average molecular weight is 435 g/mol. The van der Waals surface area contributed by atoms with E-state index in [1.54, 1.807) is 18.2 Å². The first-order chi connectivity index (χ1) is 15.4. The molecule has 7 heteroatoms. The second-order valence-electron chi connectivity index (χ2n) is 8.99. The molecule has 0 aliphatic carbocycles. The van der Waals surface area contributed by atoms with Gasteiger partial charge in [-0.15, -0.1) is 0 Å². The fraction of sp³-hybridized carbons (Fsp3) is 0.440. The Kier molecular flexibility index (Phi) is 6.65. The number of amides is 1. The standard InChI is InChI=1S/C25H30N4O3/c1-18-7-5-9-20(15-18)22-16-24(21-10-3-4-11-23(21)29(31)32)28(26-22)25(30)12-14-27-13-6-8-19(2)17-27/h3-5,7,9-11,15,19,24H,6,8,12-14,16-17H2,1-2H3/t19-,24+/m1/s1. The van der Waals surface area contributed by atoms with Gasteiger partial charge in [-0.3, -0.25) is 14.9 Å². The summed E-state index contributed by atoms with van der Waals surface area (Å²) in [6.07, 6.45) is 3.21. The predicted octanol–water partition coefficient (Wildman–Crippen LogP) is 4.70. The van der Waals surface area contributed by atoms with Gasteiger partial charge in [-0.05, 0) is 43.9 Å². The highest BCUT2D eigenvalue weighted by Crippen LogP contribution is 2.37. The van der Waals surface area contributed by atoms with Crippen LogP contribution < -0.4 is 0 Å². The molecule has 2 aliphatic heterocycles. The van der Waals surface area contributed by atoms with E-state index in [0.29, 0.717) is 30.9 Å². The van der Waals surface area contributed by atoms with Crippen LogP contribution >= 0.6 is 0 Å². The van der Waals surface area contributed by atoms with E-state index in [1.807, 2.05) is 31.2 Å². The highest BCUT2D eigenvalue weighted by atomic mass is 16.6. The Labute approximate surface area is 188 Å². The lowest BCUT2D eigenvalue weighted by atomic mass is 9.96. The second kappa shape index (κ2) is 9.61. The molecule has 4 rings (SSSR count). The molecule has 2 aliphatic rings. The van der Waals surface area contributed by atoms with Crippen LogP contribution in [0.25, 0.3) is 0 Å². The molecule has 32 heavy (non-hydrogen) atoms. The Hall–Kier alpha value is -3.06. The maximum Gasteiger partial charge on any atom is 0.274 e. The molecule has 2 aromatic rings. The van der Waals surface area contributed by atoms with E-state index in [1.165, 1.54) is 17.5 Å². The molecule has 2 aromatic carbocycles. The van der Waals surface area contributed by atoms with Crippen molar-refractivity contribution in [3.8, 4) is 0 Å². The van der Waals surface area contributed by atoms with Crippen molar-refractivity contribution in [1.82, 2.24) is 9.91 Å². The van der Waals surface area contributed by atoms with Crippen molar-refractivity contribution in [3.05, 3.63) is 75.3 Å². The van der Waals surface area contributed by atoms with E-state index >= 15 is 0 Å². The molecule has 7 nitrogen and oxygen atoms in total. The Morgan fingerprint density at radius 1 is 1.22 bits per heavy atom. The first-order valence-electron chi connectivity index (χ1n) is 11.3. The zero-order valence-electron chi connectivity index (χ0n) is 18.7. The summed E-state index contributed by atoms with van der Waals surface area (Å²) in [5, 5.41) is 17.9. The number of carbonyl (C=O) groups excluding carboxylic acids is 1. The second-order valence-corrected chi connectivity index (χ2v) is 8.99. The van der Waals surface area contributed by atoms with Crippen molar-refractivity contribution in [2.24, 2.45) is 11.0 Å². The summed E-state index contributed by atoms with van der Waals surface area (Å²) in [5.41, 5.74) is 3.41. The van der Waals surface area contributed by atoms with Crippen LogP contribution in [0.5, 0.6) is 0 Å². The van der Waals surface area contributed by atoms with Crippen LogP contribution in [0.3, 0.4) is 0 Å². The van der Waals surface area contributed by atoms with Crippen molar-refractivity contribution >= 4 is 17.3 Å². The van der Waals surface area contributed by atoms with Gasteiger partial charge < -0.3 is 4.90 Å². The summed E-state index contributed by atoms with van der Waals surface area (Å²) in [4.78, 5) is 26.9. The van der Waals surface area contributed by atoms with Gasteiger partial charge in [-0.1, -0.05) is 48.9 Å². The highest BCUT2D eigenvalue weighted by Gasteiger charge is 2.36. The van der Waals surface area contributed by atoms with Crippen molar-refractivity contribution < 1.29 is 9.72 Å².